The molecule has 0 aromatic heterocycles. The zero-order chi connectivity index (χ0) is 8.27. The molecule has 1 aliphatic heterocycles. The SMILES string of the molecule is CCCC1=NNC(C=S)N1N. The highest BCUT2D eigenvalue weighted by Gasteiger charge is 2.21. The Morgan fingerprint density at radius 1 is 1.91 bits per heavy atom. The minimum Gasteiger partial charge on any atom is -0.280 e. The number of hydrogen-bond donors (Lipinski definition) is 2. The molecule has 11 heavy (non-hydrogen) atoms. The molecule has 0 saturated carbocycles. The molecule has 3 N–H and O–H groups in total. The maximum absolute atomic E-state index is 5.66. The van der Waals surface area contributed by atoms with Crippen molar-refractivity contribution in [1.82, 2.24) is 10.4 Å². The van der Waals surface area contributed by atoms with E-state index in [1.54, 1.807) is 10.4 Å². The summed E-state index contributed by atoms with van der Waals surface area (Å²) in [6.07, 6.45) is 1.83. The molecule has 1 unspecified atom stereocenters. The van der Waals surface area contributed by atoms with Gasteiger partial charge >= 0.3 is 0 Å². The highest BCUT2D eigenvalue weighted by molar-refractivity contribution is 7.79. The van der Waals surface area contributed by atoms with E-state index in [2.05, 4.69) is 17.5 Å². The molecule has 4 nitrogen and oxygen atoms in total. The van der Waals surface area contributed by atoms with Gasteiger partial charge in [-0.2, -0.15) is 5.10 Å². The van der Waals surface area contributed by atoms with E-state index in [1.807, 2.05) is 0 Å². The number of hydrogen-bond acceptors (Lipinski definition) is 5. The minimum atomic E-state index is -0.105. The largest absolute Gasteiger partial charge is 0.280 e. The van der Waals surface area contributed by atoms with Crippen LogP contribution in [0.1, 0.15) is 19.8 Å². The Hall–Kier alpha value is -0.680. The van der Waals surface area contributed by atoms with Crippen molar-refractivity contribution in [2.24, 2.45) is 10.9 Å². The van der Waals surface area contributed by atoms with Crippen LogP contribution >= 0.6 is 12.2 Å². The summed E-state index contributed by atoms with van der Waals surface area (Å²) >= 11 is 4.74. The van der Waals surface area contributed by atoms with Crippen LogP contribution in [-0.2, 0) is 0 Å². The molecule has 1 aliphatic rings. The molecule has 0 aliphatic carbocycles. The number of hydrazone groups is 1. The molecule has 5 heteroatoms. The average Bonchev–Trinajstić information content (AvgIpc) is 2.34. The second kappa shape index (κ2) is 3.64. The normalized spacial score (nSPS) is 22.9. The van der Waals surface area contributed by atoms with Gasteiger partial charge < -0.3 is 0 Å². The van der Waals surface area contributed by atoms with Crippen LogP contribution in [0.5, 0.6) is 0 Å². The summed E-state index contributed by atoms with van der Waals surface area (Å²) in [5, 5.41) is 7.16. The third-order valence-corrected chi connectivity index (χ3v) is 1.78. The number of nitrogens with two attached hydrogens (primary N) is 1. The van der Waals surface area contributed by atoms with Crippen molar-refractivity contribution in [3.63, 3.8) is 0 Å². The summed E-state index contributed by atoms with van der Waals surface area (Å²) in [5.41, 5.74) is 2.82. The van der Waals surface area contributed by atoms with Crippen molar-refractivity contribution < 1.29 is 0 Å². The van der Waals surface area contributed by atoms with Crippen LogP contribution < -0.4 is 11.3 Å². The van der Waals surface area contributed by atoms with Crippen LogP contribution in [0.2, 0.25) is 0 Å². The van der Waals surface area contributed by atoms with Crippen LogP contribution in [0.15, 0.2) is 5.10 Å². The molecular formula is C6H12N4S. The van der Waals surface area contributed by atoms with Crippen LogP contribution in [0, 0.1) is 0 Å². The van der Waals surface area contributed by atoms with Gasteiger partial charge in [0.2, 0.25) is 0 Å². The number of amidine groups is 1. The van der Waals surface area contributed by atoms with Gasteiger partial charge in [-0.15, -0.1) is 0 Å². The molecule has 1 rings (SSSR count). The van der Waals surface area contributed by atoms with Gasteiger partial charge in [0.15, 0.2) is 6.17 Å². The fraction of sp³-hybridized carbons (Fsp3) is 0.667. The van der Waals surface area contributed by atoms with E-state index in [-0.39, 0.29) is 6.17 Å². The van der Waals surface area contributed by atoms with Crippen molar-refractivity contribution in [2.75, 3.05) is 0 Å². The Morgan fingerprint density at radius 2 is 2.64 bits per heavy atom. The summed E-state index contributed by atoms with van der Waals surface area (Å²) in [4.78, 5) is 0. The van der Waals surface area contributed by atoms with Gasteiger partial charge in [0.1, 0.15) is 5.84 Å². The molecule has 0 aromatic rings. The summed E-state index contributed by atoms with van der Waals surface area (Å²) in [6.45, 7) is 2.08. The predicted octanol–water partition coefficient (Wildman–Crippen LogP) is 0.205. The first-order valence-electron chi connectivity index (χ1n) is 3.61. The summed E-state index contributed by atoms with van der Waals surface area (Å²) < 4.78 is 0. The summed E-state index contributed by atoms with van der Waals surface area (Å²) in [7, 11) is 0. The van der Waals surface area contributed by atoms with Gasteiger partial charge in [-0.05, 0) is 6.42 Å². The maximum Gasteiger partial charge on any atom is 0.159 e. The standard InChI is InChI=1S/C6H12N4S/c1-2-3-5-8-9-6(4-11)10(5)7/h4,6,9H,2-3,7H2,1H3. The topological polar surface area (TPSA) is 53.7 Å². The smallest absolute Gasteiger partial charge is 0.159 e. The van der Waals surface area contributed by atoms with E-state index < -0.39 is 0 Å². The lowest BCUT2D eigenvalue weighted by molar-refractivity contribution is 0.387. The molecule has 0 aromatic carbocycles. The Morgan fingerprint density at radius 3 is 3.09 bits per heavy atom. The summed E-state index contributed by atoms with van der Waals surface area (Å²) in [6, 6.07) is 0. The quantitative estimate of drug-likeness (QED) is 0.472. The van der Waals surface area contributed by atoms with Gasteiger partial charge in [0.25, 0.3) is 0 Å². The monoisotopic (exact) mass is 172 g/mol. The Labute approximate surface area is 71.4 Å². The molecule has 0 bridgehead atoms. The molecular weight excluding hydrogens is 160 g/mol. The van der Waals surface area contributed by atoms with E-state index in [4.69, 9.17) is 18.1 Å². The third-order valence-electron chi connectivity index (χ3n) is 1.53. The van der Waals surface area contributed by atoms with Crippen LogP contribution in [0.4, 0.5) is 0 Å². The highest BCUT2D eigenvalue weighted by atomic mass is 32.1. The molecule has 0 amide bonds. The molecule has 1 atom stereocenters. The number of nitrogens with one attached hydrogen (secondary N) is 1. The Bertz CT molecular complexity index is 179. The lowest BCUT2D eigenvalue weighted by Gasteiger charge is -2.17. The number of hydrazine groups is 1. The Kier molecular flexibility index (Phi) is 2.78. The van der Waals surface area contributed by atoms with Crippen molar-refractivity contribution in [3.8, 4) is 0 Å². The third kappa shape index (κ3) is 1.66. The average molecular weight is 172 g/mol. The van der Waals surface area contributed by atoms with Gasteiger partial charge in [0, 0.05) is 11.8 Å². The first kappa shape index (κ1) is 8.42. The van der Waals surface area contributed by atoms with Gasteiger partial charge in [0.05, 0.1) is 0 Å². The fourth-order valence-corrected chi connectivity index (χ4v) is 1.12. The zero-order valence-corrected chi connectivity index (χ0v) is 7.27. The van der Waals surface area contributed by atoms with E-state index in [0.717, 1.165) is 18.7 Å². The summed E-state index contributed by atoms with van der Waals surface area (Å²) in [5.74, 6) is 6.54. The Balaban J connectivity index is 2.51. The van der Waals surface area contributed by atoms with Gasteiger partial charge in [-0.1, -0.05) is 19.1 Å². The molecule has 62 valence electrons. The number of nitrogens with zero attached hydrogens (tertiary/aromatic N) is 2. The van der Waals surface area contributed by atoms with Crippen molar-refractivity contribution >= 4 is 23.4 Å². The predicted molar refractivity (Wildman–Crippen MR) is 48.9 cm³/mol. The van der Waals surface area contributed by atoms with Crippen LogP contribution in [0.3, 0.4) is 0 Å². The molecule has 0 spiro atoms. The number of rotatable bonds is 3. The molecule has 0 radical (unpaired) electrons. The second-order valence-electron chi connectivity index (χ2n) is 2.40. The highest BCUT2D eigenvalue weighted by Crippen LogP contribution is 2.03. The lowest BCUT2D eigenvalue weighted by atomic mass is 10.3. The van der Waals surface area contributed by atoms with E-state index >= 15 is 0 Å². The van der Waals surface area contributed by atoms with E-state index in [9.17, 15) is 0 Å². The fourth-order valence-electron chi connectivity index (χ4n) is 0.926. The zero-order valence-electron chi connectivity index (χ0n) is 6.45. The maximum atomic E-state index is 5.66. The van der Waals surface area contributed by atoms with Crippen LogP contribution in [0.25, 0.3) is 0 Å². The van der Waals surface area contributed by atoms with Crippen LogP contribution in [-0.4, -0.2) is 22.4 Å². The molecule has 0 fully saturated rings. The van der Waals surface area contributed by atoms with Gasteiger partial charge in [-0.3, -0.25) is 10.4 Å². The van der Waals surface area contributed by atoms with E-state index in [0.29, 0.717) is 0 Å². The first-order chi connectivity index (χ1) is 5.29. The van der Waals surface area contributed by atoms with Crippen molar-refractivity contribution in [1.29, 1.82) is 0 Å². The second-order valence-corrected chi connectivity index (χ2v) is 2.67. The van der Waals surface area contributed by atoms with Crippen molar-refractivity contribution in [2.45, 2.75) is 25.9 Å². The van der Waals surface area contributed by atoms with Crippen molar-refractivity contribution in [3.05, 3.63) is 0 Å². The first-order valence-corrected chi connectivity index (χ1v) is 4.08. The number of thiocarbonyl (C=S) groups is 1. The minimum absolute atomic E-state index is 0.105. The van der Waals surface area contributed by atoms with E-state index in [1.165, 1.54) is 0 Å². The van der Waals surface area contributed by atoms with Gasteiger partial charge in [-0.25, -0.2) is 5.84 Å². The molecule has 0 saturated heterocycles. The lowest BCUT2D eigenvalue weighted by Crippen LogP contribution is -2.45. The molecule has 1 heterocycles.